The lowest BCUT2D eigenvalue weighted by Gasteiger charge is -2.04. The summed E-state index contributed by atoms with van der Waals surface area (Å²) in [4.78, 5) is 21.8. The van der Waals surface area contributed by atoms with Gasteiger partial charge in [-0.15, -0.1) is 0 Å². The van der Waals surface area contributed by atoms with E-state index < -0.39 is 5.92 Å². The standard InChI is InChI=1S/C17H32O2/c1-3-4-5-6-7-8-9-10-11-12-13-14-17(19)16(2)15-18/h15-16H,3-14H2,1-2H3. The third-order valence-corrected chi connectivity index (χ3v) is 3.74. The highest BCUT2D eigenvalue weighted by molar-refractivity contribution is 5.92. The summed E-state index contributed by atoms with van der Waals surface area (Å²) in [5.41, 5.74) is 0. The fraction of sp³-hybridized carbons (Fsp3) is 0.882. The predicted molar refractivity (Wildman–Crippen MR) is 81.3 cm³/mol. The quantitative estimate of drug-likeness (QED) is 0.250. The zero-order chi connectivity index (χ0) is 14.3. The van der Waals surface area contributed by atoms with Gasteiger partial charge in [0.15, 0.2) is 0 Å². The minimum Gasteiger partial charge on any atom is -0.303 e. The monoisotopic (exact) mass is 268 g/mol. The summed E-state index contributed by atoms with van der Waals surface area (Å²) in [6, 6.07) is 0. The molecule has 0 rings (SSSR count). The second-order valence-electron chi connectivity index (χ2n) is 5.68. The van der Waals surface area contributed by atoms with Gasteiger partial charge in [-0.1, -0.05) is 71.1 Å². The van der Waals surface area contributed by atoms with E-state index in [1.54, 1.807) is 6.92 Å². The van der Waals surface area contributed by atoms with Crippen LogP contribution in [0.3, 0.4) is 0 Å². The SMILES string of the molecule is CCCCCCCCCCCCCC(=O)C(C)C=O. The molecule has 0 aliphatic rings. The lowest BCUT2D eigenvalue weighted by molar-refractivity contribution is -0.126. The number of hydrogen-bond donors (Lipinski definition) is 0. The molecule has 1 unspecified atom stereocenters. The molecule has 2 nitrogen and oxygen atoms in total. The minimum absolute atomic E-state index is 0.103. The van der Waals surface area contributed by atoms with E-state index in [1.807, 2.05) is 0 Å². The number of aldehydes is 1. The molecule has 2 heteroatoms. The van der Waals surface area contributed by atoms with E-state index in [1.165, 1.54) is 57.8 Å². The molecular weight excluding hydrogens is 236 g/mol. The van der Waals surface area contributed by atoms with E-state index in [-0.39, 0.29) is 5.78 Å². The van der Waals surface area contributed by atoms with Crippen LogP contribution in [0.25, 0.3) is 0 Å². The van der Waals surface area contributed by atoms with Crippen LogP contribution >= 0.6 is 0 Å². The molecule has 0 bridgehead atoms. The van der Waals surface area contributed by atoms with Crippen LogP contribution in [-0.4, -0.2) is 12.1 Å². The Bertz CT molecular complexity index is 223. The number of rotatable bonds is 14. The van der Waals surface area contributed by atoms with Crippen molar-refractivity contribution in [3.8, 4) is 0 Å². The van der Waals surface area contributed by atoms with Crippen LogP contribution in [0.4, 0.5) is 0 Å². The fourth-order valence-corrected chi connectivity index (χ4v) is 2.27. The first-order valence-corrected chi connectivity index (χ1v) is 8.20. The molecule has 0 saturated carbocycles. The second-order valence-corrected chi connectivity index (χ2v) is 5.68. The highest BCUT2D eigenvalue weighted by atomic mass is 16.1. The Kier molecular flexibility index (Phi) is 13.3. The summed E-state index contributed by atoms with van der Waals surface area (Å²) >= 11 is 0. The van der Waals surface area contributed by atoms with Crippen molar-refractivity contribution < 1.29 is 9.59 Å². The molecule has 1 atom stereocenters. The third-order valence-electron chi connectivity index (χ3n) is 3.74. The van der Waals surface area contributed by atoms with Gasteiger partial charge in [0, 0.05) is 6.42 Å². The highest BCUT2D eigenvalue weighted by Gasteiger charge is 2.10. The maximum absolute atomic E-state index is 11.4. The van der Waals surface area contributed by atoms with Gasteiger partial charge in [-0.2, -0.15) is 0 Å². The fourth-order valence-electron chi connectivity index (χ4n) is 2.27. The molecule has 0 spiro atoms. The zero-order valence-electron chi connectivity index (χ0n) is 13.0. The van der Waals surface area contributed by atoms with Crippen LogP contribution in [0, 0.1) is 5.92 Å². The largest absolute Gasteiger partial charge is 0.303 e. The summed E-state index contributed by atoms with van der Waals surface area (Å²) in [7, 11) is 0. The van der Waals surface area contributed by atoms with Crippen molar-refractivity contribution in [3.05, 3.63) is 0 Å². The Morgan fingerprint density at radius 2 is 1.26 bits per heavy atom. The molecule has 112 valence electrons. The normalized spacial score (nSPS) is 12.3. The number of carbonyl (C=O) groups is 2. The van der Waals surface area contributed by atoms with Crippen LogP contribution in [-0.2, 0) is 9.59 Å². The van der Waals surface area contributed by atoms with Crippen molar-refractivity contribution >= 4 is 12.1 Å². The topological polar surface area (TPSA) is 34.1 Å². The van der Waals surface area contributed by atoms with Gasteiger partial charge in [0.2, 0.25) is 0 Å². The molecule has 0 aliphatic carbocycles. The number of ketones is 1. The van der Waals surface area contributed by atoms with Crippen molar-refractivity contribution in [2.24, 2.45) is 5.92 Å². The van der Waals surface area contributed by atoms with Crippen LogP contribution in [0.1, 0.15) is 90.9 Å². The molecule has 0 aromatic rings. The van der Waals surface area contributed by atoms with Gasteiger partial charge >= 0.3 is 0 Å². The molecule has 19 heavy (non-hydrogen) atoms. The van der Waals surface area contributed by atoms with Crippen molar-refractivity contribution in [3.63, 3.8) is 0 Å². The first-order valence-electron chi connectivity index (χ1n) is 8.20. The van der Waals surface area contributed by atoms with Gasteiger partial charge in [-0.05, 0) is 13.3 Å². The molecule has 0 radical (unpaired) electrons. The van der Waals surface area contributed by atoms with E-state index in [2.05, 4.69) is 6.92 Å². The summed E-state index contributed by atoms with van der Waals surface area (Å²) in [5.74, 6) is -0.297. The van der Waals surface area contributed by atoms with Gasteiger partial charge in [0.1, 0.15) is 12.1 Å². The molecule has 0 saturated heterocycles. The van der Waals surface area contributed by atoms with E-state index in [9.17, 15) is 9.59 Å². The molecule has 0 N–H and O–H groups in total. The van der Waals surface area contributed by atoms with Crippen molar-refractivity contribution in [2.75, 3.05) is 0 Å². The van der Waals surface area contributed by atoms with Gasteiger partial charge < -0.3 is 4.79 Å². The average Bonchev–Trinajstić information content (AvgIpc) is 2.43. The Morgan fingerprint density at radius 3 is 1.68 bits per heavy atom. The molecule has 0 amide bonds. The first kappa shape index (κ1) is 18.3. The zero-order valence-corrected chi connectivity index (χ0v) is 13.0. The summed E-state index contributed by atoms with van der Waals surface area (Å²) < 4.78 is 0. The molecule has 0 fully saturated rings. The Morgan fingerprint density at radius 1 is 0.842 bits per heavy atom. The van der Waals surface area contributed by atoms with E-state index in [0.717, 1.165) is 19.1 Å². The maximum Gasteiger partial charge on any atom is 0.142 e. The Balaban J connectivity index is 3.15. The molecule has 0 aliphatic heterocycles. The number of Topliss-reactive ketones (excluding diaryl/α,β-unsaturated/α-hetero) is 1. The van der Waals surface area contributed by atoms with Crippen LogP contribution in [0.2, 0.25) is 0 Å². The summed E-state index contributed by atoms with van der Waals surface area (Å²) in [5, 5.41) is 0. The predicted octanol–water partition coefficient (Wildman–Crippen LogP) is 5.09. The second kappa shape index (κ2) is 13.8. The molecule has 0 aromatic carbocycles. The van der Waals surface area contributed by atoms with Gasteiger partial charge in [0.25, 0.3) is 0 Å². The first-order chi connectivity index (χ1) is 9.22. The molecular formula is C17H32O2. The van der Waals surface area contributed by atoms with E-state index in [0.29, 0.717) is 6.42 Å². The lowest BCUT2D eigenvalue weighted by Crippen LogP contribution is -2.11. The third kappa shape index (κ3) is 12.1. The lowest BCUT2D eigenvalue weighted by atomic mass is 10.0. The summed E-state index contributed by atoms with van der Waals surface area (Å²) in [6.45, 7) is 3.94. The van der Waals surface area contributed by atoms with Crippen molar-refractivity contribution in [1.82, 2.24) is 0 Å². The molecule has 0 aromatic heterocycles. The number of hydrogen-bond acceptors (Lipinski definition) is 2. The van der Waals surface area contributed by atoms with Gasteiger partial charge in [0.05, 0.1) is 5.92 Å². The number of unbranched alkanes of at least 4 members (excludes halogenated alkanes) is 10. The minimum atomic E-state index is -0.400. The van der Waals surface area contributed by atoms with Gasteiger partial charge in [-0.25, -0.2) is 0 Å². The Hall–Kier alpha value is -0.660. The molecule has 0 heterocycles. The number of carbonyl (C=O) groups excluding carboxylic acids is 2. The van der Waals surface area contributed by atoms with Crippen molar-refractivity contribution in [1.29, 1.82) is 0 Å². The van der Waals surface area contributed by atoms with Gasteiger partial charge in [-0.3, -0.25) is 4.79 Å². The average molecular weight is 268 g/mol. The van der Waals surface area contributed by atoms with Crippen LogP contribution in [0.15, 0.2) is 0 Å². The van der Waals surface area contributed by atoms with Crippen LogP contribution in [0.5, 0.6) is 0 Å². The summed E-state index contributed by atoms with van der Waals surface area (Å²) in [6.07, 6.45) is 15.5. The smallest absolute Gasteiger partial charge is 0.142 e. The van der Waals surface area contributed by atoms with Crippen molar-refractivity contribution in [2.45, 2.75) is 90.9 Å². The maximum atomic E-state index is 11.4. The highest BCUT2D eigenvalue weighted by Crippen LogP contribution is 2.12. The van der Waals surface area contributed by atoms with E-state index >= 15 is 0 Å². The Labute approximate surface area is 119 Å². The van der Waals surface area contributed by atoms with Crippen LogP contribution < -0.4 is 0 Å². The van der Waals surface area contributed by atoms with E-state index in [4.69, 9.17) is 0 Å².